The number of benzene rings is 4. The van der Waals surface area contributed by atoms with Crippen LogP contribution in [0.5, 0.6) is 0 Å². The molecule has 0 fully saturated rings. The van der Waals surface area contributed by atoms with Gasteiger partial charge in [0.25, 0.3) is 11.8 Å². The molecule has 0 aliphatic carbocycles. The van der Waals surface area contributed by atoms with E-state index in [2.05, 4.69) is 6.58 Å². The lowest BCUT2D eigenvalue weighted by Crippen LogP contribution is -2.54. The summed E-state index contributed by atoms with van der Waals surface area (Å²) in [6.45, 7) is 4.96. The third kappa shape index (κ3) is 6.87. The van der Waals surface area contributed by atoms with Gasteiger partial charge in [0.1, 0.15) is 12.2 Å². The Morgan fingerprint density at radius 3 is 1.54 bits per heavy atom. The van der Waals surface area contributed by atoms with Crippen LogP contribution in [0.1, 0.15) is 37.4 Å². The van der Waals surface area contributed by atoms with Gasteiger partial charge < -0.3 is 14.2 Å². The molecule has 41 heavy (non-hydrogen) atoms. The lowest BCUT2D eigenvalue weighted by atomic mass is 10.0. The number of nitrogens with zero attached hydrogens (tertiary/aromatic N) is 1. The summed E-state index contributed by atoms with van der Waals surface area (Å²) in [6, 6.07) is 35.4. The van der Waals surface area contributed by atoms with Crippen molar-refractivity contribution in [3.8, 4) is 0 Å². The quantitative estimate of drug-likeness (QED) is 0.138. The van der Waals surface area contributed by atoms with Gasteiger partial charge in [-0.1, -0.05) is 109 Å². The summed E-state index contributed by atoms with van der Waals surface area (Å²) in [5.41, 5.74) is 3.66. The number of hydrogen-bond acceptors (Lipinski definition) is 5. The second-order valence-corrected chi connectivity index (χ2v) is 9.85. The van der Waals surface area contributed by atoms with E-state index in [1.807, 2.05) is 91.0 Å². The van der Waals surface area contributed by atoms with Crippen LogP contribution in [0.4, 0.5) is 0 Å². The van der Waals surface area contributed by atoms with E-state index in [4.69, 9.17) is 14.2 Å². The summed E-state index contributed by atoms with van der Waals surface area (Å²) in [5, 5.41) is 0. The highest BCUT2D eigenvalue weighted by atomic mass is 16.5. The highest BCUT2D eigenvalue weighted by Gasteiger charge is 2.45. The van der Waals surface area contributed by atoms with Gasteiger partial charge >= 0.3 is 0 Å². The SMILES string of the molecule is C=C[C@H](OCc1ccccc1)[C@@H](OCc1ccccc1)[C@@H](COCc1ccccc1)N1C(=O)c2ccccc2C1=O. The fraction of sp³-hybridized carbons (Fsp3) is 0.200. The average molecular weight is 548 g/mol. The molecule has 0 bridgehead atoms. The van der Waals surface area contributed by atoms with Gasteiger partial charge in [-0.2, -0.15) is 0 Å². The third-order valence-electron chi connectivity index (χ3n) is 7.06. The zero-order valence-corrected chi connectivity index (χ0v) is 22.8. The highest BCUT2D eigenvalue weighted by molar-refractivity contribution is 6.21. The molecule has 1 aliphatic heterocycles. The maximum atomic E-state index is 13.7. The second kappa shape index (κ2) is 13.8. The van der Waals surface area contributed by atoms with Crippen molar-refractivity contribution in [2.24, 2.45) is 0 Å². The molecule has 0 saturated heterocycles. The minimum Gasteiger partial charge on any atom is -0.375 e. The summed E-state index contributed by atoms with van der Waals surface area (Å²) in [7, 11) is 0. The Hall–Kier alpha value is -4.36. The lowest BCUT2D eigenvalue weighted by molar-refractivity contribution is -0.106. The molecule has 0 radical (unpaired) electrons. The van der Waals surface area contributed by atoms with E-state index >= 15 is 0 Å². The summed E-state index contributed by atoms with van der Waals surface area (Å²) >= 11 is 0. The molecule has 4 aromatic rings. The van der Waals surface area contributed by atoms with E-state index in [9.17, 15) is 9.59 Å². The van der Waals surface area contributed by atoms with E-state index < -0.39 is 18.2 Å². The molecular weight excluding hydrogens is 514 g/mol. The fourth-order valence-electron chi connectivity index (χ4n) is 4.95. The van der Waals surface area contributed by atoms with Gasteiger partial charge in [0.2, 0.25) is 0 Å². The van der Waals surface area contributed by atoms with Crippen LogP contribution in [-0.4, -0.2) is 41.6 Å². The van der Waals surface area contributed by atoms with Crippen molar-refractivity contribution >= 4 is 11.8 Å². The van der Waals surface area contributed by atoms with Crippen LogP contribution in [0.2, 0.25) is 0 Å². The molecule has 4 aromatic carbocycles. The monoisotopic (exact) mass is 547 g/mol. The number of rotatable bonds is 14. The zero-order chi connectivity index (χ0) is 28.4. The highest BCUT2D eigenvalue weighted by Crippen LogP contribution is 2.29. The van der Waals surface area contributed by atoms with Crippen molar-refractivity contribution < 1.29 is 23.8 Å². The largest absolute Gasteiger partial charge is 0.375 e. The molecule has 0 unspecified atom stereocenters. The minimum absolute atomic E-state index is 0.0544. The van der Waals surface area contributed by atoms with Gasteiger partial charge in [0.05, 0.1) is 43.6 Å². The summed E-state index contributed by atoms with van der Waals surface area (Å²) in [6.07, 6.45) is 0.268. The molecule has 6 nitrogen and oxygen atoms in total. The number of amides is 2. The Morgan fingerprint density at radius 1 is 0.610 bits per heavy atom. The molecule has 1 aliphatic rings. The molecule has 208 valence electrons. The summed E-state index contributed by atoms with van der Waals surface area (Å²) in [4.78, 5) is 28.6. The topological polar surface area (TPSA) is 65.1 Å². The normalized spacial score (nSPS) is 14.9. The van der Waals surface area contributed by atoms with Gasteiger partial charge in [-0.25, -0.2) is 0 Å². The van der Waals surface area contributed by atoms with E-state index in [-0.39, 0.29) is 25.0 Å². The van der Waals surface area contributed by atoms with Crippen LogP contribution in [0.15, 0.2) is 128 Å². The standard InChI is InChI=1S/C35H33NO5/c1-2-32(40-23-27-16-8-4-9-17-27)33(41-24-28-18-10-5-11-19-28)31(25-39-22-26-14-6-3-7-15-26)36-34(37)29-20-12-13-21-30(29)35(36)38/h2-21,31-33H,1,22-25H2/t31-,32+,33+/m1/s1. The van der Waals surface area contributed by atoms with Gasteiger partial charge in [0.15, 0.2) is 0 Å². The predicted molar refractivity (Wildman–Crippen MR) is 157 cm³/mol. The number of hydrogen-bond donors (Lipinski definition) is 0. The molecule has 0 N–H and O–H groups in total. The smallest absolute Gasteiger partial charge is 0.261 e. The van der Waals surface area contributed by atoms with Crippen LogP contribution in [-0.2, 0) is 34.0 Å². The van der Waals surface area contributed by atoms with Crippen LogP contribution in [0.25, 0.3) is 0 Å². The number of fused-ring (bicyclic) bond motifs is 1. The first-order valence-electron chi connectivity index (χ1n) is 13.7. The Kier molecular flexibility index (Phi) is 9.49. The van der Waals surface area contributed by atoms with Crippen molar-refractivity contribution in [3.05, 3.63) is 156 Å². The van der Waals surface area contributed by atoms with Crippen molar-refractivity contribution in [1.29, 1.82) is 0 Å². The lowest BCUT2D eigenvalue weighted by Gasteiger charge is -2.36. The fourth-order valence-corrected chi connectivity index (χ4v) is 4.95. The van der Waals surface area contributed by atoms with E-state index in [1.165, 1.54) is 4.90 Å². The Bertz CT molecular complexity index is 1410. The molecule has 1 heterocycles. The molecule has 2 amide bonds. The van der Waals surface area contributed by atoms with Crippen molar-refractivity contribution in [2.75, 3.05) is 6.61 Å². The number of imide groups is 1. The molecular formula is C35H33NO5. The maximum absolute atomic E-state index is 13.7. The van der Waals surface area contributed by atoms with Crippen molar-refractivity contribution in [3.63, 3.8) is 0 Å². The zero-order valence-electron chi connectivity index (χ0n) is 22.8. The van der Waals surface area contributed by atoms with Crippen molar-refractivity contribution in [1.82, 2.24) is 4.90 Å². The van der Waals surface area contributed by atoms with E-state index in [1.54, 1.807) is 30.3 Å². The molecule has 0 spiro atoms. The van der Waals surface area contributed by atoms with Crippen LogP contribution in [0, 0.1) is 0 Å². The second-order valence-electron chi connectivity index (χ2n) is 9.85. The summed E-state index contributed by atoms with van der Waals surface area (Å²) in [5.74, 6) is -0.754. The van der Waals surface area contributed by atoms with Gasteiger partial charge in [-0.3, -0.25) is 14.5 Å². The molecule has 6 heteroatoms. The van der Waals surface area contributed by atoms with Gasteiger partial charge in [-0.15, -0.1) is 6.58 Å². The molecule has 0 saturated carbocycles. The predicted octanol–water partition coefficient (Wildman–Crippen LogP) is 6.22. The average Bonchev–Trinajstić information content (AvgIpc) is 3.28. The molecule has 3 atom stereocenters. The Balaban J connectivity index is 1.46. The Labute approximate surface area is 240 Å². The third-order valence-corrected chi connectivity index (χ3v) is 7.06. The van der Waals surface area contributed by atoms with Crippen LogP contribution < -0.4 is 0 Å². The van der Waals surface area contributed by atoms with Gasteiger partial charge in [-0.05, 0) is 28.8 Å². The first-order chi connectivity index (χ1) is 20.2. The first-order valence-corrected chi connectivity index (χ1v) is 13.7. The number of carbonyl (C=O) groups is 2. The first kappa shape index (κ1) is 28.2. The summed E-state index contributed by atoms with van der Waals surface area (Å²) < 4.78 is 19.0. The van der Waals surface area contributed by atoms with Crippen LogP contribution in [0.3, 0.4) is 0 Å². The van der Waals surface area contributed by atoms with E-state index in [0.29, 0.717) is 24.3 Å². The number of carbonyl (C=O) groups excluding carboxylic acids is 2. The van der Waals surface area contributed by atoms with Gasteiger partial charge in [0, 0.05) is 0 Å². The van der Waals surface area contributed by atoms with Crippen LogP contribution >= 0.6 is 0 Å². The Morgan fingerprint density at radius 2 is 1.05 bits per heavy atom. The molecule has 0 aromatic heterocycles. The van der Waals surface area contributed by atoms with Crippen molar-refractivity contribution in [2.45, 2.75) is 38.1 Å². The maximum Gasteiger partial charge on any atom is 0.261 e. The van der Waals surface area contributed by atoms with E-state index in [0.717, 1.165) is 16.7 Å². The number of ether oxygens (including phenoxy) is 3. The molecule has 5 rings (SSSR count). The minimum atomic E-state index is -0.784.